The van der Waals surface area contributed by atoms with Gasteiger partial charge in [-0.1, -0.05) is 6.92 Å². The second-order valence-corrected chi connectivity index (χ2v) is 3.60. The molecule has 1 aliphatic rings. The van der Waals surface area contributed by atoms with E-state index < -0.39 is 0 Å². The summed E-state index contributed by atoms with van der Waals surface area (Å²) in [6, 6.07) is 0. The molecule has 0 aromatic carbocycles. The Labute approximate surface area is 80.4 Å². The zero-order valence-electron chi connectivity index (χ0n) is 8.67. The van der Waals surface area contributed by atoms with Gasteiger partial charge >= 0.3 is 0 Å². The normalized spacial score (nSPS) is 19.8. The van der Waals surface area contributed by atoms with Gasteiger partial charge in [-0.15, -0.1) is 0 Å². The van der Waals surface area contributed by atoms with Gasteiger partial charge in [-0.3, -0.25) is 0 Å². The lowest BCUT2D eigenvalue weighted by Crippen LogP contribution is -2.45. The van der Waals surface area contributed by atoms with Crippen molar-refractivity contribution in [2.45, 2.75) is 20.3 Å². The van der Waals surface area contributed by atoms with E-state index in [0.717, 1.165) is 32.8 Å². The molecule has 0 saturated carbocycles. The molecule has 0 aromatic rings. The summed E-state index contributed by atoms with van der Waals surface area (Å²) in [5, 5.41) is 0. The van der Waals surface area contributed by atoms with Gasteiger partial charge in [0.05, 0.1) is 33.0 Å². The first-order valence-corrected chi connectivity index (χ1v) is 5.06. The van der Waals surface area contributed by atoms with Crippen LogP contribution in [0.25, 0.3) is 0 Å². The molecule has 3 heteroatoms. The molecule has 0 aromatic heterocycles. The molecule has 1 rings (SSSR count). The highest BCUT2D eigenvalue weighted by Gasteiger charge is 2.36. The van der Waals surface area contributed by atoms with E-state index in [1.165, 1.54) is 0 Å². The Morgan fingerprint density at radius 1 is 1.15 bits per heavy atom. The van der Waals surface area contributed by atoms with Gasteiger partial charge in [-0.2, -0.15) is 0 Å². The Bertz CT molecular complexity index is 127. The summed E-state index contributed by atoms with van der Waals surface area (Å²) in [7, 11) is 0. The first-order valence-electron chi connectivity index (χ1n) is 5.06. The van der Waals surface area contributed by atoms with Crippen LogP contribution in [0.15, 0.2) is 0 Å². The molecule has 1 heterocycles. The van der Waals surface area contributed by atoms with Crippen LogP contribution in [-0.2, 0) is 14.2 Å². The van der Waals surface area contributed by atoms with Crippen LogP contribution in [0.1, 0.15) is 20.3 Å². The van der Waals surface area contributed by atoms with Crippen molar-refractivity contribution >= 4 is 0 Å². The SMILES string of the molecule is CCOCCOCC1(CC)COC1. The highest BCUT2D eigenvalue weighted by atomic mass is 16.5. The van der Waals surface area contributed by atoms with E-state index in [-0.39, 0.29) is 0 Å². The first kappa shape index (κ1) is 11.0. The molecule has 3 nitrogen and oxygen atoms in total. The van der Waals surface area contributed by atoms with E-state index in [2.05, 4.69) is 6.92 Å². The van der Waals surface area contributed by atoms with Crippen molar-refractivity contribution in [3.05, 3.63) is 0 Å². The third-order valence-electron chi connectivity index (χ3n) is 2.55. The van der Waals surface area contributed by atoms with Crippen molar-refractivity contribution in [2.24, 2.45) is 5.41 Å². The van der Waals surface area contributed by atoms with E-state index in [1.54, 1.807) is 0 Å². The molecule has 1 aliphatic heterocycles. The monoisotopic (exact) mass is 188 g/mol. The Balaban J connectivity index is 1.98. The van der Waals surface area contributed by atoms with Crippen molar-refractivity contribution in [1.82, 2.24) is 0 Å². The van der Waals surface area contributed by atoms with Gasteiger partial charge in [-0.05, 0) is 13.3 Å². The summed E-state index contributed by atoms with van der Waals surface area (Å²) in [6.07, 6.45) is 1.14. The van der Waals surface area contributed by atoms with Crippen molar-refractivity contribution in [2.75, 3.05) is 39.6 Å². The number of hydrogen-bond acceptors (Lipinski definition) is 3. The van der Waals surface area contributed by atoms with Gasteiger partial charge in [0.2, 0.25) is 0 Å². The molecule has 0 atom stereocenters. The number of rotatable bonds is 7. The maximum absolute atomic E-state index is 5.53. The van der Waals surface area contributed by atoms with Gasteiger partial charge in [0.25, 0.3) is 0 Å². The van der Waals surface area contributed by atoms with Gasteiger partial charge in [-0.25, -0.2) is 0 Å². The van der Waals surface area contributed by atoms with E-state index in [1.807, 2.05) is 6.92 Å². The topological polar surface area (TPSA) is 27.7 Å². The largest absolute Gasteiger partial charge is 0.380 e. The van der Waals surface area contributed by atoms with Gasteiger partial charge in [0.1, 0.15) is 0 Å². The van der Waals surface area contributed by atoms with Crippen LogP contribution in [0.2, 0.25) is 0 Å². The summed E-state index contributed by atoms with van der Waals surface area (Å²) >= 11 is 0. The van der Waals surface area contributed by atoms with Gasteiger partial charge < -0.3 is 14.2 Å². The quantitative estimate of drug-likeness (QED) is 0.566. The predicted octanol–water partition coefficient (Wildman–Crippen LogP) is 1.47. The minimum Gasteiger partial charge on any atom is -0.380 e. The molecule has 0 unspecified atom stereocenters. The lowest BCUT2D eigenvalue weighted by atomic mass is 9.84. The summed E-state index contributed by atoms with van der Waals surface area (Å²) in [4.78, 5) is 0. The average Bonchev–Trinajstić information content (AvgIpc) is 2.09. The van der Waals surface area contributed by atoms with Crippen LogP contribution in [0, 0.1) is 5.41 Å². The molecule has 1 saturated heterocycles. The number of ether oxygens (including phenoxy) is 3. The zero-order valence-corrected chi connectivity index (χ0v) is 8.67. The van der Waals surface area contributed by atoms with E-state index >= 15 is 0 Å². The lowest BCUT2D eigenvalue weighted by Gasteiger charge is -2.40. The van der Waals surface area contributed by atoms with E-state index in [9.17, 15) is 0 Å². The molecule has 0 aliphatic carbocycles. The number of hydrogen-bond donors (Lipinski definition) is 0. The van der Waals surface area contributed by atoms with Gasteiger partial charge in [0.15, 0.2) is 0 Å². The standard InChI is InChI=1S/C10H20O3/c1-3-10(8-13-9-10)7-12-6-5-11-4-2/h3-9H2,1-2H3. The van der Waals surface area contributed by atoms with Crippen LogP contribution < -0.4 is 0 Å². The highest BCUT2D eigenvalue weighted by molar-refractivity contribution is 4.83. The zero-order chi connectivity index (χ0) is 9.57. The molecule has 0 radical (unpaired) electrons. The second-order valence-electron chi connectivity index (χ2n) is 3.60. The van der Waals surface area contributed by atoms with Crippen molar-refractivity contribution in [1.29, 1.82) is 0 Å². The molecular weight excluding hydrogens is 168 g/mol. The molecular formula is C10H20O3. The summed E-state index contributed by atoms with van der Waals surface area (Å²) in [5.41, 5.74) is 0.312. The minimum absolute atomic E-state index is 0.312. The van der Waals surface area contributed by atoms with Crippen LogP contribution >= 0.6 is 0 Å². The molecule has 1 fully saturated rings. The second kappa shape index (κ2) is 5.58. The highest BCUT2D eigenvalue weighted by Crippen LogP contribution is 2.31. The maximum atomic E-state index is 5.53. The molecule has 13 heavy (non-hydrogen) atoms. The predicted molar refractivity (Wildman–Crippen MR) is 50.9 cm³/mol. The molecule has 0 spiro atoms. The fourth-order valence-corrected chi connectivity index (χ4v) is 1.33. The van der Waals surface area contributed by atoms with Crippen LogP contribution in [-0.4, -0.2) is 39.6 Å². The van der Waals surface area contributed by atoms with E-state index in [4.69, 9.17) is 14.2 Å². The molecule has 0 N–H and O–H groups in total. The van der Waals surface area contributed by atoms with Crippen LogP contribution in [0.4, 0.5) is 0 Å². The van der Waals surface area contributed by atoms with E-state index in [0.29, 0.717) is 18.6 Å². The average molecular weight is 188 g/mol. The Hall–Kier alpha value is -0.120. The Morgan fingerprint density at radius 3 is 2.31 bits per heavy atom. The lowest BCUT2D eigenvalue weighted by molar-refractivity contribution is -0.152. The Kier molecular flexibility index (Phi) is 4.70. The van der Waals surface area contributed by atoms with Gasteiger partial charge in [0, 0.05) is 12.0 Å². The summed E-state index contributed by atoms with van der Waals surface area (Å²) in [5.74, 6) is 0. The fraction of sp³-hybridized carbons (Fsp3) is 1.00. The van der Waals surface area contributed by atoms with Crippen LogP contribution in [0.3, 0.4) is 0 Å². The van der Waals surface area contributed by atoms with Crippen molar-refractivity contribution in [3.8, 4) is 0 Å². The summed E-state index contributed by atoms with van der Waals surface area (Å²) in [6.45, 7) is 8.90. The van der Waals surface area contributed by atoms with Crippen molar-refractivity contribution < 1.29 is 14.2 Å². The first-order chi connectivity index (χ1) is 6.33. The third kappa shape index (κ3) is 3.25. The summed E-state index contributed by atoms with van der Waals surface area (Å²) < 4.78 is 15.9. The molecule has 0 amide bonds. The van der Waals surface area contributed by atoms with Crippen LogP contribution in [0.5, 0.6) is 0 Å². The Morgan fingerprint density at radius 2 is 1.85 bits per heavy atom. The minimum atomic E-state index is 0.312. The van der Waals surface area contributed by atoms with Crippen molar-refractivity contribution in [3.63, 3.8) is 0 Å². The molecule has 78 valence electrons. The third-order valence-corrected chi connectivity index (χ3v) is 2.55. The smallest absolute Gasteiger partial charge is 0.0700 e. The maximum Gasteiger partial charge on any atom is 0.0700 e. The fourth-order valence-electron chi connectivity index (χ4n) is 1.33. The molecule has 0 bridgehead atoms.